The van der Waals surface area contributed by atoms with Crippen LogP contribution in [0.5, 0.6) is 0 Å². The maximum absolute atomic E-state index is 13.4. The van der Waals surface area contributed by atoms with Crippen LogP contribution < -0.4 is 0 Å². The number of aliphatic hydroxyl groups is 1. The summed E-state index contributed by atoms with van der Waals surface area (Å²) in [5.41, 5.74) is 2.52. The zero-order valence-corrected chi connectivity index (χ0v) is 22.3. The van der Waals surface area contributed by atoms with Crippen molar-refractivity contribution in [3.05, 3.63) is 74.9 Å². The van der Waals surface area contributed by atoms with E-state index in [1.165, 1.54) is 0 Å². The molecule has 2 aliphatic rings. The molecule has 1 unspecified atom stereocenters. The fourth-order valence-electron chi connectivity index (χ4n) is 5.83. The van der Waals surface area contributed by atoms with E-state index < -0.39 is 0 Å². The predicted molar refractivity (Wildman–Crippen MR) is 146 cm³/mol. The third kappa shape index (κ3) is 5.36. The van der Waals surface area contributed by atoms with Gasteiger partial charge in [0.1, 0.15) is 0 Å². The molecule has 1 N–H and O–H groups in total. The average molecular weight is 547 g/mol. The highest BCUT2D eigenvalue weighted by Gasteiger charge is 2.34. The van der Waals surface area contributed by atoms with Crippen LogP contribution in [0.2, 0.25) is 15.1 Å². The smallest absolute Gasteiger partial charge is 0.254 e. The number of hydrogen-bond donors (Lipinski definition) is 1. The summed E-state index contributed by atoms with van der Waals surface area (Å²) in [5.74, 6) is 0.649. The molecule has 0 spiro atoms. The molecule has 1 amide bonds. The minimum Gasteiger partial charge on any atom is -0.396 e. The molecular formula is C28H30Cl3N3O2. The summed E-state index contributed by atoms with van der Waals surface area (Å²) in [5, 5.41) is 12.6. The molecule has 0 saturated carbocycles. The van der Waals surface area contributed by atoms with Crippen molar-refractivity contribution in [2.45, 2.75) is 31.7 Å². The molecule has 2 saturated heterocycles. The van der Waals surface area contributed by atoms with Gasteiger partial charge in [0.05, 0.1) is 26.1 Å². The van der Waals surface area contributed by atoms with Crippen molar-refractivity contribution in [1.82, 2.24) is 14.8 Å². The second-order valence-electron chi connectivity index (χ2n) is 9.95. The van der Waals surface area contributed by atoms with Crippen molar-refractivity contribution in [3.8, 4) is 0 Å². The van der Waals surface area contributed by atoms with E-state index in [0.717, 1.165) is 55.2 Å². The number of hydrogen-bond acceptors (Lipinski definition) is 4. The molecular weight excluding hydrogens is 517 g/mol. The van der Waals surface area contributed by atoms with Crippen LogP contribution in [0.1, 0.15) is 35.2 Å². The maximum Gasteiger partial charge on any atom is 0.254 e. The van der Waals surface area contributed by atoms with E-state index in [1.807, 2.05) is 35.2 Å². The maximum atomic E-state index is 13.4. The molecule has 2 aliphatic heterocycles. The van der Waals surface area contributed by atoms with Crippen LogP contribution in [-0.2, 0) is 6.42 Å². The lowest BCUT2D eigenvalue weighted by Gasteiger charge is -2.44. The number of benzene rings is 2. The Morgan fingerprint density at radius 1 is 0.944 bits per heavy atom. The highest BCUT2D eigenvalue weighted by atomic mass is 35.5. The Morgan fingerprint density at radius 3 is 2.50 bits per heavy atom. The molecule has 0 radical (unpaired) electrons. The summed E-state index contributed by atoms with van der Waals surface area (Å²) in [6.45, 7) is 3.49. The normalized spacial score (nSPS) is 21.7. The Balaban J connectivity index is 1.20. The molecule has 0 bridgehead atoms. The molecule has 36 heavy (non-hydrogen) atoms. The number of aliphatic hydroxyl groups excluding tert-OH is 1. The van der Waals surface area contributed by atoms with E-state index in [4.69, 9.17) is 34.8 Å². The van der Waals surface area contributed by atoms with Gasteiger partial charge in [-0.05, 0) is 80.0 Å². The summed E-state index contributed by atoms with van der Waals surface area (Å²) in [6.07, 6.45) is 5.46. The molecule has 1 aromatic heterocycles. The monoisotopic (exact) mass is 545 g/mol. The van der Waals surface area contributed by atoms with Gasteiger partial charge in [-0.1, -0.05) is 46.9 Å². The zero-order valence-electron chi connectivity index (χ0n) is 20.0. The number of likely N-dealkylation sites (tertiary alicyclic amines) is 2. The Hall–Kier alpha value is -1.89. The number of amides is 1. The Morgan fingerprint density at radius 2 is 1.75 bits per heavy atom. The second-order valence-corrected chi connectivity index (χ2v) is 11.2. The second kappa shape index (κ2) is 11.2. The van der Waals surface area contributed by atoms with E-state index in [2.05, 4.69) is 9.88 Å². The average Bonchev–Trinajstić information content (AvgIpc) is 2.90. The molecule has 0 aliphatic carbocycles. The first-order valence-electron chi connectivity index (χ1n) is 12.6. The van der Waals surface area contributed by atoms with Gasteiger partial charge in [-0.25, -0.2) is 0 Å². The van der Waals surface area contributed by atoms with Crippen LogP contribution in [0.15, 0.2) is 48.7 Å². The van der Waals surface area contributed by atoms with Gasteiger partial charge in [0.15, 0.2) is 0 Å². The van der Waals surface area contributed by atoms with E-state index in [-0.39, 0.29) is 18.4 Å². The van der Waals surface area contributed by atoms with Crippen LogP contribution in [-0.4, -0.2) is 64.6 Å². The zero-order chi connectivity index (χ0) is 25.2. The molecule has 5 rings (SSSR count). The topological polar surface area (TPSA) is 56.7 Å². The summed E-state index contributed by atoms with van der Waals surface area (Å²) >= 11 is 18.7. The molecule has 2 fully saturated rings. The van der Waals surface area contributed by atoms with Crippen molar-refractivity contribution in [2.24, 2.45) is 11.8 Å². The lowest BCUT2D eigenvalue weighted by atomic mass is 9.80. The van der Waals surface area contributed by atoms with Crippen molar-refractivity contribution >= 4 is 51.6 Å². The third-order valence-corrected chi connectivity index (χ3v) is 8.91. The molecule has 190 valence electrons. The number of halogens is 3. The summed E-state index contributed by atoms with van der Waals surface area (Å²) in [4.78, 5) is 22.2. The summed E-state index contributed by atoms with van der Waals surface area (Å²) < 4.78 is 0. The molecule has 5 nitrogen and oxygen atoms in total. The molecule has 3 aromatic rings. The number of rotatable bonds is 5. The fourth-order valence-corrected chi connectivity index (χ4v) is 6.42. The molecule has 3 heterocycles. The minimum absolute atomic E-state index is 0.0162. The van der Waals surface area contributed by atoms with Gasteiger partial charge in [0.2, 0.25) is 0 Å². The van der Waals surface area contributed by atoms with Gasteiger partial charge in [0, 0.05) is 43.9 Å². The predicted octanol–water partition coefficient (Wildman–Crippen LogP) is 5.97. The van der Waals surface area contributed by atoms with E-state index in [9.17, 15) is 9.90 Å². The summed E-state index contributed by atoms with van der Waals surface area (Å²) in [6, 6.07) is 13.5. The fraction of sp³-hybridized carbons (Fsp3) is 0.429. The number of aromatic nitrogens is 1. The number of nitrogens with zero attached hydrogens (tertiary/aromatic N) is 3. The number of fused-ring (bicyclic) bond motifs is 1. The number of piperidine rings is 2. The standard InChI is InChI=1S/C28H30Cl3N3O2/c29-23-5-4-18(15-25(23)31)14-19-7-11-34(16-20(19)17-35)21-8-12-33(13-9-21)28(36)22-6-10-32-26-3-1-2-24(30)27(22)26/h1-6,10,15,19-21,35H,7-9,11-14,16-17H2/t19?,20-/m0/s1. The van der Waals surface area contributed by atoms with Crippen LogP contribution in [0.3, 0.4) is 0 Å². The number of carbonyl (C=O) groups excluding carboxylic acids is 1. The largest absolute Gasteiger partial charge is 0.396 e. The first-order valence-corrected chi connectivity index (χ1v) is 13.7. The Bertz CT molecular complexity index is 1240. The SMILES string of the molecule is O=C(c1ccnc2cccc(Cl)c12)N1CCC(N2CCC(Cc3ccc(Cl)c(Cl)c3)[C@H](CO)C2)CC1. The highest BCUT2D eigenvalue weighted by Crippen LogP contribution is 2.33. The van der Waals surface area contributed by atoms with Crippen molar-refractivity contribution in [1.29, 1.82) is 0 Å². The Labute approximate surface area is 227 Å². The molecule has 2 aromatic carbocycles. The van der Waals surface area contributed by atoms with Gasteiger partial charge in [-0.15, -0.1) is 0 Å². The highest BCUT2D eigenvalue weighted by molar-refractivity contribution is 6.42. The van der Waals surface area contributed by atoms with Gasteiger partial charge >= 0.3 is 0 Å². The van der Waals surface area contributed by atoms with E-state index in [0.29, 0.717) is 45.7 Å². The lowest BCUT2D eigenvalue weighted by Crippen LogP contribution is -2.52. The third-order valence-electron chi connectivity index (χ3n) is 7.85. The van der Waals surface area contributed by atoms with Crippen molar-refractivity contribution in [2.75, 3.05) is 32.8 Å². The van der Waals surface area contributed by atoms with Crippen LogP contribution >= 0.6 is 34.8 Å². The minimum atomic E-state index is 0.0162. The van der Waals surface area contributed by atoms with E-state index >= 15 is 0 Å². The van der Waals surface area contributed by atoms with E-state index in [1.54, 1.807) is 18.3 Å². The first-order chi connectivity index (χ1) is 17.4. The van der Waals surface area contributed by atoms with Crippen LogP contribution in [0.25, 0.3) is 10.9 Å². The van der Waals surface area contributed by atoms with Gasteiger partial charge in [0.25, 0.3) is 5.91 Å². The van der Waals surface area contributed by atoms with Gasteiger partial charge in [-0.3, -0.25) is 14.7 Å². The van der Waals surface area contributed by atoms with Crippen molar-refractivity contribution in [3.63, 3.8) is 0 Å². The number of pyridine rings is 1. The van der Waals surface area contributed by atoms with Gasteiger partial charge < -0.3 is 10.0 Å². The molecule has 2 atom stereocenters. The lowest BCUT2D eigenvalue weighted by molar-refractivity contribution is 0.0242. The van der Waals surface area contributed by atoms with Crippen LogP contribution in [0.4, 0.5) is 0 Å². The quantitative estimate of drug-likeness (QED) is 0.428. The first kappa shape index (κ1) is 25.7. The van der Waals surface area contributed by atoms with Crippen molar-refractivity contribution < 1.29 is 9.90 Å². The summed E-state index contributed by atoms with van der Waals surface area (Å²) in [7, 11) is 0. The van der Waals surface area contributed by atoms with Gasteiger partial charge in [-0.2, -0.15) is 0 Å². The number of carbonyl (C=O) groups is 1. The van der Waals surface area contributed by atoms with Crippen LogP contribution in [0, 0.1) is 11.8 Å². The molecule has 8 heteroatoms. The Kier molecular flexibility index (Phi) is 8.04.